The lowest BCUT2D eigenvalue weighted by Gasteiger charge is -2.03. The van der Waals surface area contributed by atoms with Gasteiger partial charge in [0.1, 0.15) is 5.65 Å². The van der Waals surface area contributed by atoms with Gasteiger partial charge in [-0.15, -0.1) is 0 Å². The zero-order valence-electron chi connectivity index (χ0n) is 12.4. The van der Waals surface area contributed by atoms with Crippen molar-refractivity contribution in [1.29, 1.82) is 0 Å². The standard InChI is InChI=1S/C15H14N2S.C2H6/c1-11-8-14-12(2)10-17(15(14)16-9-11)18-13-6-4-3-5-7-13;1-2/h3-10H,1-2H3;1-2H3. The molecule has 0 bridgehead atoms. The Morgan fingerprint density at radius 2 is 1.75 bits per heavy atom. The maximum absolute atomic E-state index is 4.54. The third kappa shape index (κ3) is 3.05. The van der Waals surface area contributed by atoms with Crippen LogP contribution in [0.4, 0.5) is 0 Å². The third-order valence-corrected chi connectivity index (χ3v) is 3.85. The second kappa shape index (κ2) is 6.62. The summed E-state index contributed by atoms with van der Waals surface area (Å²) in [5.41, 5.74) is 3.50. The molecule has 0 atom stereocenters. The predicted octanol–water partition coefficient (Wildman–Crippen LogP) is 5.23. The Balaban J connectivity index is 0.000000704. The fourth-order valence-electron chi connectivity index (χ4n) is 2.00. The van der Waals surface area contributed by atoms with Crippen molar-refractivity contribution in [2.75, 3.05) is 0 Å². The van der Waals surface area contributed by atoms with Gasteiger partial charge < -0.3 is 0 Å². The van der Waals surface area contributed by atoms with Crippen molar-refractivity contribution in [3.05, 3.63) is 59.9 Å². The van der Waals surface area contributed by atoms with E-state index < -0.39 is 0 Å². The first-order valence-electron chi connectivity index (χ1n) is 6.92. The molecule has 0 aliphatic carbocycles. The van der Waals surface area contributed by atoms with Gasteiger partial charge in [0.25, 0.3) is 0 Å². The Labute approximate surface area is 125 Å². The van der Waals surface area contributed by atoms with Crippen molar-refractivity contribution in [3.63, 3.8) is 0 Å². The second-order valence-corrected chi connectivity index (χ2v) is 5.47. The second-order valence-electron chi connectivity index (χ2n) is 4.43. The zero-order valence-corrected chi connectivity index (χ0v) is 13.2. The van der Waals surface area contributed by atoms with Crippen LogP contribution in [0, 0.1) is 13.8 Å². The summed E-state index contributed by atoms with van der Waals surface area (Å²) in [5, 5.41) is 1.23. The summed E-state index contributed by atoms with van der Waals surface area (Å²) < 4.78 is 2.14. The number of fused-ring (bicyclic) bond motifs is 1. The highest BCUT2D eigenvalue weighted by Gasteiger charge is 2.07. The molecule has 0 aliphatic heterocycles. The minimum atomic E-state index is 1.03. The molecule has 0 aliphatic rings. The Morgan fingerprint density at radius 3 is 2.45 bits per heavy atom. The summed E-state index contributed by atoms with van der Waals surface area (Å²) in [4.78, 5) is 5.76. The third-order valence-electron chi connectivity index (χ3n) is 2.89. The minimum Gasteiger partial charge on any atom is -0.270 e. The summed E-state index contributed by atoms with van der Waals surface area (Å²) in [6.45, 7) is 8.21. The van der Waals surface area contributed by atoms with Gasteiger partial charge in [0.2, 0.25) is 0 Å². The molecule has 0 N–H and O–H groups in total. The molecular weight excluding hydrogens is 264 g/mol. The fourth-order valence-corrected chi connectivity index (χ4v) is 2.95. The average Bonchev–Trinajstić information content (AvgIpc) is 2.78. The lowest BCUT2D eigenvalue weighted by molar-refractivity contribution is 1.22. The summed E-state index contributed by atoms with van der Waals surface area (Å²) in [7, 11) is 0. The van der Waals surface area contributed by atoms with Crippen molar-refractivity contribution in [2.24, 2.45) is 0 Å². The van der Waals surface area contributed by atoms with Crippen LogP contribution in [-0.2, 0) is 0 Å². The molecule has 3 heteroatoms. The maximum Gasteiger partial charge on any atom is 0.150 e. The molecule has 2 heterocycles. The molecule has 0 saturated carbocycles. The first kappa shape index (κ1) is 14.7. The van der Waals surface area contributed by atoms with E-state index in [9.17, 15) is 0 Å². The summed E-state index contributed by atoms with van der Waals surface area (Å²) in [6, 6.07) is 12.6. The van der Waals surface area contributed by atoms with E-state index in [1.54, 1.807) is 11.9 Å². The smallest absolute Gasteiger partial charge is 0.150 e. The van der Waals surface area contributed by atoms with E-state index in [1.807, 2.05) is 26.1 Å². The molecule has 104 valence electrons. The first-order valence-corrected chi connectivity index (χ1v) is 7.69. The first-order chi connectivity index (χ1) is 9.74. The van der Waals surface area contributed by atoms with Gasteiger partial charge in [-0.2, -0.15) is 0 Å². The van der Waals surface area contributed by atoms with Crippen LogP contribution in [0.15, 0.2) is 53.7 Å². The maximum atomic E-state index is 4.54. The summed E-state index contributed by atoms with van der Waals surface area (Å²) >= 11 is 1.70. The van der Waals surface area contributed by atoms with Gasteiger partial charge in [-0.25, -0.2) is 4.98 Å². The molecule has 3 aromatic rings. The largest absolute Gasteiger partial charge is 0.270 e. The zero-order chi connectivity index (χ0) is 14.5. The van der Waals surface area contributed by atoms with Crippen LogP contribution in [0.1, 0.15) is 25.0 Å². The van der Waals surface area contributed by atoms with Crippen molar-refractivity contribution < 1.29 is 0 Å². The van der Waals surface area contributed by atoms with Crippen molar-refractivity contribution in [3.8, 4) is 0 Å². The molecule has 0 radical (unpaired) electrons. The average molecular weight is 284 g/mol. The van der Waals surface area contributed by atoms with E-state index in [1.165, 1.54) is 21.4 Å². The Morgan fingerprint density at radius 1 is 1.05 bits per heavy atom. The quantitative estimate of drug-likeness (QED) is 0.641. The molecule has 0 fully saturated rings. The normalized spacial score (nSPS) is 10.2. The Kier molecular flexibility index (Phi) is 4.85. The number of hydrogen-bond donors (Lipinski definition) is 0. The van der Waals surface area contributed by atoms with Crippen LogP contribution in [0.5, 0.6) is 0 Å². The van der Waals surface area contributed by atoms with Gasteiger partial charge in [0.15, 0.2) is 0 Å². The van der Waals surface area contributed by atoms with Crippen molar-refractivity contribution in [2.45, 2.75) is 32.6 Å². The van der Waals surface area contributed by atoms with Crippen LogP contribution in [0.3, 0.4) is 0 Å². The minimum absolute atomic E-state index is 1.03. The lowest BCUT2D eigenvalue weighted by Crippen LogP contribution is -1.87. The van der Waals surface area contributed by atoms with Crippen molar-refractivity contribution in [1.82, 2.24) is 8.96 Å². The number of hydrogen-bond acceptors (Lipinski definition) is 2. The van der Waals surface area contributed by atoms with Crippen molar-refractivity contribution >= 4 is 23.0 Å². The molecule has 0 unspecified atom stereocenters. The molecule has 0 spiro atoms. The van der Waals surface area contributed by atoms with Gasteiger partial charge in [-0.05, 0) is 55.1 Å². The van der Waals surface area contributed by atoms with E-state index in [0.717, 1.165) is 5.65 Å². The van der Waals surface area contributed by atoms with Crippen LogP contribution < -0.4 is 0 Å². The molecule has 3 rings (SSSR count). The lowest BCUT2D eigenvalue weighted by atomic mass is 10.2. The van der Waals surface area contributed by atoms with Crippen LogP contribution >= 0.6 is 11.9 Å². The predicted molar refractivity (Wildman–Crippen MR) is 88.3 cm³/mol. The Hall–Kier alpha value is -1.74. The molecule has 1 aromatic carbocycles. The van der Waals surface area contributed by atoms with Crippen LogP contribution in [0.25, 0.3) is 11.0 Å². The van der Waals surface area contributed by atoms with Gasteiger partial charge in [-0.1, -0.05) is 32.0 Å². The van der Waals surface area contributed by atoms with Crippen LogP contribution in [-0.4, -0.2) is 8.96 Å². The highest BCUT2D eigenvalue weighted by atomic mass is 32.2. The topological polar surface area (TPSA) is 17.8 Å². The summed E-state index contributed by atoms with van der Waals surface area (Å²) in [6.07, 6.45) is 4.07. The molecule has 2 nitrogen and oxygen atoms in total. The molecule has 20 heavy (non-hydrogen) atoms. The molecular formula is C17H20N2S. The number of pyridine rings is 1. The van der Waals surface area contributed by atoms with Gasteiger partial charge in [-0.3, -0.25) is 3.97 Å². The summed E-state index contributed by atoms with van der Waals surface area (Å²) in [5.74, 6) is 0. The highest BCUT2D eigenvalue weighted by Crippen LogP contribution is 2.28. The van der Waals surface area contributed by atoms with E-state index >= 15 is 0 Å². The number of aryl methyl sites for hydroxylation is 2. The molecule has 2 aromatic heterocycles. The van der Waals surface area contributed by atoms with Crippen LogP contribution in [0.2, 0.25) is 0 Å². The number of aromatic nitrogens is 2. The van der Waals surface area contributed by atoms with E-state index in [0.29, 0.717) is 0 Å². The highest BCUT2D eigenvalue weighted by molar-refractivity contribution is 7.98. The van der Waals surface area contributed by atoms with Gasteiger partial charge in [0.05, 0.1) is 0 Å². The monoisotopic (exact) mass is 284 g/mol. The van der Waals surface area contributed by atoms with E-state index in [-0.39, 0.29) is 0 Å². The molecule has 0 saturated heterocycles. The number of benzene rings is 1. The van der Waals surface area contributed by atoms with Gasteiger partial charge in [0, 0.05) is 22.7 Å². The number of rotatable bonds is 2. The Bertz CT molecular complexity index is 687. The fraction of sp³-hybridized carbons (Fsp3) is 0.235. The van der Waals surface area contributed by atoms with E-state index in [4.69, 9.17) is 0 Å². The number of nitrogens with zero attached hydrogens (tertiary/aromatic N) is 2. The SMILES string of the molecule is CC.Cc1cnc2c(c1)c(C)cn2Sc1ccccc1. The van der Waals surface area contributed by atoms with Gasteiger partial charge >= 0.3 is 0 Å². The van der Waals surface area contributed by atoms with E-state index in [2.05, 4.69) is 59.3 Å². The molecule has 0 amide bonds.